The zero-order chi connectivity index (χ0) is 13.2. The third-order valence-electron chi connectivity index (χ3n) is 4.04. The van der Waals surface area contributed by atoms with Gasteiger partial charge in [0.2, 0.25) is 0 Å². The van der Waals surface area contributed by atoms with Crippen LogP contribution < -0.4 is 10.6 Å². The second kappa shape index (κ2) is 5.49. The summed E-state index contributed by atoms with van der Waals surface area (Å²) >= 11 is 0. The second-order valence-electron chi connectivity index (χ2n) is 6.50. The number of rotatable bonds is 7. The van der Waals surface area contributed by atoms with Gasteiger partial charge in [-0.2, -0.15) is 0 Å². The Hall–Kier alpha value is -1.09. The summed E-state index contributed by atoms with van der Waals surface area (Å²) in [6.07, 6.45) is 8.55. The van der Waals surface area contributed by atoms with Gasteiger partial charge in [-0.25, -0.2) is 4.98 Å². The van der Waals surface area contributed by atoms with Crippen molar-refractivity contribution in [3.05, 3.63) is 23.9 Å². The van der Waals surface area contributed by atoms with E-state index in [-0.39, 0.29) is 6.04 Å². The highest BCUT2D eigenvalue weighted by molar-refractivity contribution is 5.40. The molecular formula is C16H25N3. The third-order valence-corrected chi connectivity index (χ3v) is 4.04. The maximum absolute atomic E-state index is 5.83. The maximum atomic E-state index is 5.83. The van der Waals surface area contributed by atoms with Gasteiger partial charge < -0.3 is 10.6 Å². The Labute approximate surface area is 116 Å². The van der Waals surface area contributed by atoms with Crippen molar-refractivity contribution in [1.29, 1.82) is 0 Å². The Morgan fingerprint density at radius 2 is 1.84 bits per heavy atom. The number of nitrogens with two attached hydrogens (primary N) is 1. The van der Waals surface area contributed by atoms with E-state index in [1.54, 1.807) is 0 Å². The largest absolute Gasteiger partial charge is 0.356 e. The second-order valence-corrected chi connectivity index (χ2v) is 6.50. The molecule has 3 heteroatoms. The molecule has 1 unspecified atom stereocenters. The molecule has 2 aliphatic rings. The first-order chi connectivity index (χ1) is 9.20. The van der Waals surface area contributed by atoms with Crippen LogP contribution in [0.4, 0.5) is 5.82 Å². The molecule has 2 fully saturated rings. The summed E-state index contributed by atoms with van der Waals surface area (Å²) in [7, 11) is 0. The molecular weight excluding hydrogens is 234 g/mol. The molecule has 0 amide bonds. The Balaban J connectivity index is 1.65. The molecule has 2 saturated carbocycles. The highest BCUT2D eigenvalue weighted by Crippen LogP contribution is 2.35. The summed E-state index contributed by atoms with van der Waals surface area (Å²) in [6.45, 7) is 4.45. The summed E-state index contributed by atoms with van der Waals surface area (Å²) in [5.74, 6) is 3.00. The van der Waals surface area contributed by atoms with Crippen LogP contribution >= 0.6 is 0 Å². The van der Waals surface area contributed by atoms with Crippen molar-refractivity contribution in [2.24, 2.45) is 17.6 Å². The average molecular weight is 259 g/mol. The van der Waals surface area contributed by atoms with E-state index in [1.807, 2.05) is 13.1 Å². The minimum Gasteiger partial charge on any atom is -0.356 e. The fourth-order valence-electron chi connectivity index (χ4n) is 2.58. The molecule has 19 heavy (non-hydrogen) atoms. The lowest BCUT2D eigenvalue weighted by atomic mass is 10.1. The number of aromatic nitrogens is 1. The molecule has 104 valence electrons. The van der Waals surface area contributed by atoms with E-state index in [9.17, 15) is 0 Å². The molecule has 1 atom stereocenters. The van der Waals surface area contributed by atoms with E-state index >= 15 is 0 Å². The molecule has 0 spiro atoms. The Morgan fingerprint density at radius 1 is 1.21 bits per heavy atom. The molecule has 2 aliphatic carbocycles. The highest BCUT2D eigenvalue weighted by atomic mass is 15.2. The van der Waals surface area contributed by atoms with Gasteiger partial charge in [0, 0.05) is 25.3 Å². The van der Waals surface area contributed by atoms with Crippen LogP contribution in [0.15, 0.2) is 18.3 Å². The topological polar surface area (TPSA) is 42.1 Å². The van der Waals surface area contributed by atoms with Gasteiger partial charge in [-0.15, -0.1) is 0 Å². The molecule has 0 bridgehead atoms. The minimum atomic E-state index is 0.210. The van der Waals surface area contributed by atoms with Gasteiger partial charge in [-0.1, -0.05) is 6.07 Å². The first kappa shape index (κ1) is 12.9. The first-order valence-electron chi connectivity index (χ1n) is 7.66. The Bertz CT molecular complexity index is 391. The van der Waals surface area contributed by atoms with Crippen LogP contribution in [0, 0.1) is 11.8 Å². The van der Waals surface area contributed by atoms with Gasteiger partial charge in [-0.3, -0.25) is 0 Å². The van der Waals surface area contributed by atoms with Crippen molar-refractivity contribution in [2.45, 2.75) is 45.1 Å². The number of anilines is 1. The fraction of sp³-hybridized carbons (Fsp3) is 0.688. The molecule has 3 rings (SSSR count). The van der Waals surface area contributed by atoms with Crippen molar-refractivity contribution >= 4 is 5.82 Å². The highest BCUT2D eigenvalue weighted by Gasteiger charge is 2.29. The zero-order valence-corrected chi connectivity index (χ0v) is 11.9. The van der Waals surface area contributed by atoms with Crippen molar-refractivity contribution in [2.75, 3.05) is 18.0 Å². The normalized spacial score (nSPS) is 20.3. The molecule has 1 heterocycles. The van der Waals surface area contributed by atoms with Crippen LogP contribution in [-0.4, -0.2) is 24.1 Å². The lowest BCUT2D eigenvalue weighted by Crippen LogP contribution is -2.29. The molecule has 2 N–H and O–H groups in total. The Morgan fingerprint density at radius 3 is 2.26 bits per heavy atom. The van der Waals surface area contributed by atoms with Crippen LogP contribution in [0.5, 0.6) is 0 Å². The van der Waals surface area contributed by atoms with E-state index in [2.05, 4.69) is 22.0 Å². The molecule has 3 nitrogen and oxygen atoms in total. The molecule has 1 aromatic rings. The van der Waals surface area contributed by atoms with Gasteiger partial charge in [0.1, 0.15) is 5.82 Å². The first-order valence-corrected chi connectivity index (χ1v) is 7.66. The molecule has 0 aromatic carbocycles. The van der Waals surface area contributed by atoms with Crippen molar-refractivity contribution < 1.29 is 0 Å². The van der Waals surface area contributed by atoms with Gasteiger partial charge >= 0.3 is 0 Å². The SMILES string of the molecule is CC(N)Cc1ccc(N(CC2CC2)CC2CC2)nc1. The molecule has 0 saturated heterocycles. The van der Waals surface area contributed by atoms with E-state index in [0.29, 0.717) is 0 Å². The summed E-state index contributed by atoms with van der Waals surface area (Å²) in [6, 6.07) is 4.59. The monoisotopic (exact) mass is 259 g/mol. The van der Waals surface area contributed by atoms with E-state index in [1.165, 1.54) is 44.3 Å². The number of pyridine rings is 1. The summed E-state index contributed by atoms with van der Waals surface area (Å²) in [5.41, 5.74) is 7.08. The third kappa shape index (κ3) is 3.93. The van der Waals surface area contributed by atoms with Crippen LogP contribution in [0.3, 0.4) is 0 Å². The van der Waals surface area contributed by atoms with Crippen LogP contribution in [-0.2, 0) is 6.42 Å². The minimum absolute atomic E-state index is 0.210. The van der Waals surface area contributed by atoms with Gasteiger partial charge in [0.15, 0.2) is 0 Å². The van der Waals surface area contributed by atoms with E-state index < -0.39 is 0 Å². The number of nitrogens with zero attached hydrogens (tertiary/aromatic N) is 2. The van der Waals surface area contributed by atoms with Crippen molar-refractivity contribution in [3.63, 3.8) is 0 Å². The lowest BCUT2D eigenvalue weighted by Gasteiger charge is -2.24. The van der Waals surface area contributed by atoms with Crippen LogP contribution in [0.25, 0.3) is 0 Å². The van der Waals surface area contributed by atoms with Gasteiger partial charge in [0.05, 0.1) is 0 Å². The van der Waals surface area contributed by atoms with Crippen LogP contribution in [0.2, 0.25) is 0 Å². The zero-order valence-electron chi connectivity index (χ0n) is 11.9. The maximum Gasteiger partial charge on any atom is 0.128 e. The summed E-state index contributed by atoms with van der Waals surface area (Å²) < 4.78 is 0. The molecule has 0 radical (unpaired) electrons. The summed E-state index contributed by atoms with van der Waals surface area (Å²) in [4.78, 5) is 7.17. The predicted molar refractivity (Wildman–Crippen MR) is 79.3 cm³/mol. The predicted octanol–water partition coefficient (Wildman–Crippen LogP) is 2.60. The van der Waals surface area contributed by atoms with Gasteiger partial charge in [-0.05, 0) is 62.5 Å². The molecule has 0 aliphatic heterocycles. The van der Waals surface area contributed by atoms with Crippen molar-refractivity contribution in [3.8, 4) is 0 Å². The van der Waals surface area contributed by atoms with Gasteiger partial charge in [0.25, 0.3) is 0 Å². The summed E-state index contributed by atoms with van der Waals surface area (Å²) in [5, 5.41) is 0. The van der Waals surface area contributed by atoms with Crippen LogP contribution in [0.1, 0.15) is 38.2 Å². The Kier molecular flexibility index (Phi) is 3.74. The standard InChI is InChI=1S/C16H25N3/c1-12(17)8-15-6-7-16(18-9-15)19(10-13-2-3-13)11-14-4-5-14/h6-7,9,12-14H,2-5,8,10-11,17H2,1H3. The number of hydrogen-bond acceptors (Lipinski definition) is 3. The molecule has 1 aromatic heterocycles. The fourth-order valence-corrected chi connectivity index (χ4v) is 2.58. The average Bonchev–Trinajstić information content (AvgIpc) is 3.23. The van der Waals surface area contributed by atoms with E-state index in [4.69, 9.17) is 5.73 Å². The van der Waals surface area contributed by atoms with Crippen molar-refractivity contribution in [1.82, 2.24) is 4.98 Å². The lowest BCUT2D eigenvalue weighted by molar-refractivity contribution is 0.670. The number of hydrogen-bond donors (Lipinski definition) is 1. The van der Waals surface area contributed by atoms with E-state index in [0.717, 1.165) is 24.1 Å². The quantitative estimate of drug-likeness (QED) is 0.818. The smallest absolute Gasteiger partial charge is 0.128 e.